The number of nitrogens with one attached hydrogen (secondary N) is 2. The van der Waals surface area contributed by atoms with Crippen LogP contribution in [0.4, 0.5) is 17.1 Å². The number of nitro benzene ring substituents is 1. The van der Waals surface area contributed by atoms with Gasteiger partial charge in [0.2, 0.25) is 0 Å². The molecule has 25 heavy (non-hydrogen) atoms. The molecular weight excluding hydrogens is 350 g/mol. The maximum absolute atomic E-state index is 11.8. The van der Waals surface area contributed by atoms with E-state index >= 15 is 0 Å². The average molecular weight is 362 g/mol. The van der Waals surface area contributed by atoms with Gasteiger partial charge in [0.1, 0.15) is 5.02 Å². The van der Waals surface area contributed by atoms with Gasteiger partial charge in [0.05, 0.1) is 11.1 Å². The Morgan fingerprint density at radius 2 is 1.92 bits per heavy atom. The van der Waals surface area contributed by atoms with Gasteiger partial charge in [-0.15, -0.1) is 0 Å². The molecule has 2 aromatic rings. The number of carbonyl (C=O) groups is 2. The summed E-state index contributed by atoms with van der Waals surface area (Å²) < 4.78 is 0. The minimum atomic E-state index is -1.05. The summed E-state index contributed by atoms with van der Waals surface area (Å²) in [5.41, 5.74) is 8.41. The van der Waals surface area contributed by atoms with Crippen LogP contribution in [0.15, 0.2) is 47.6 Å². The summed E-state index contributed by atoms with van der Waals surface area (Å²) in [7, 11) is 0. The van der Waals surface area contributed by atoms with Crippen molar-refractivity contribution in [1.29, 1.82) is 0 Å². The summed E-state index contributed by atoms with van der Waals surface area (Å²) in [4.78, 5) is 33.5. The third kappa shape index (κ3) is 4.75. The van der Waals surface area contributed by atoms with E-state index in [1.165, 1.54) is 18.3 Å². The fourth-order valence-electron chi connectivity index (χ4n) is 1.76. The zero-order valence-electron chi connectivity index (χ0n) is 12.6. The van der Waals surface area contributed by atoms with Crippen LogP contribution < -0.4 is 16.5 Å². The Labute approximate surface area is 146 Å². The number of anilines is 2. The summed E-state index contributed by atoms with van der Waals surface area (Å²) in [6.45, 7) is 0. The van der Waals surface area contributed by atoms with Crippen LogP contribution in [0.2, 0.25) is 5.02 Å². The summed E-state index contributed by atoms with van der Waals surface area (Å²) in [5, 5.41) is 16.6. The van der Waals surface area contributed by atoms with Crippen molar-refractivity contribution in [3.8, 4) is 0 Å². The predicted octanol–water partition coefficient (Wildman–Crippen LogP) is 1.92. The van der Waals surface area contributed by atoms with Gasteiger partial charge in [-0.05, 0) is 18.2 Å². The first kappa shape index (κ1) is 17.9. The molecule has 0 atom stereocenters. The highest BCUT2D eigenvalue weighted by Crippen LogP contribution is 2.27. The molecule has 0 bridgehead atoms. The molecule has 0 aliphatic rings. The molecule has 10 heteroatoms. The van der Waals surface area contributed by atoms with Crippen LogP contribution in [0.25, 0.3) is 0 Å². The number of carbonyl (C=O) groups excluding carboxylic acids is 2. The van der Waals surface area contributed by atoms with E-state index in [0.717, 1.165) is 6.07 Å². The van der Waals surface area contributed by atoms with Crippen molar-refractivity contribution in [2.75, 3.05) is 11.1 Å². The van der Waals surface area contributed by atoms with E-state index in [0.29, 0.717) is 11.3 Å². The minimum absolute atomic E-state index is 0.0486. The molecule has 128 valence electrons. The highest BCUT2D eigenvalue weighted by molar-refractivity contribution is 6.39. The Kier molecular flexibility index (Phi) is 5.64. The summed E-state index contributed by atoms with van der Waals surface area (Å²) >= 11 is 5.67. The number of hydrazone groups is 1. The van der Waals surface area contributed by atoms with Crippen LogP contribution in [0.5, 0.6) is 0 Å². The molecule has 0 radical (unpaired) electrons. The van der Waals surface area contributed by atoms with Gasteiger partial charge in [0.15, 0.2) is 0 Å². The summed E-state index contributed by atoms with van der Waals surface area (Å²) in [5.74, 6) is -2.10. The van der Waals surface area contributed by atoms with Crippen molar-refractivity contribution in [3.63, 3.8) is 0 Å². The third-order valence-corrected chi connectivity index (χ3v) is 3.29. The molecule has 0 fully saturated rings. The first-order valence-electron chi connectivity index (χ1n) is 6.81. The lowest BCUT2D eigenvalue weighted by Crippen LogP contribution is -2.32. The lowest BCUT2D eigenvalue weighted by atomic mass is 10.2. The van der Waals surface area contributed by atoms with Gasteiger partial charge in [-0.2, -0.15) is 5.10 Å². The molecule has 9 nitrogen and oxygen atoms in total. The van der Waals surface area contributed by atoms with Gasteiger partial charge >= 0.3 is 11.8 Å². The van der Waals surface area contributed by atoms with E-state index in [4.69, 9.17) is 17.3 Å². The van der Waals surface area contributed by atoms with Crippen molar-refractivity contribution < 1.29 is 14.5 Å². The van der Waals surface area contributed by atoms with Crippen molar-refractivity contribution in [2.45, 2.75) is 0 Å². The van der Waals surface area contributed by atoms with E-state index in [1.807, 2.05) is 5.43 Å². The minimum Gasteiger partial charge on any atom is -0.398 e. The molecule has 4 N–H and O–H groups in total. The Morgan fingerprint density at radius 1 is 1.20 bits per heavy atom. The second-order valence-corrected chi connectivity index (χ2v) is 5.11. The number of benzene rings is 2. The highest BCUT2D eigenvalue weighted by Gasteiger charge is 2.17. The summed E-state index contributed by atoms with van der Waals surface area (Å²) in [6, 6.07) is 10.4. The number of hydrogen-bond donors (Lipinski definition) is 3. The number of hydrogen-bond acceptors (Lipinski definition) is 6. The Bertz CT molecular complexity index is 869. The summed E-state index contributed by atoms with van der Waals surface area (Å²) in [6.07, 6.45) is 1.29. The van der Waals surface area contributed by atoms with Crippen LogP contribution in [0.1, 0.15) is 5.56 Å². The first-order chi connectivity index (χ1) is 11.9. The largest absolute Gasteiger partial charge is 0.398 e. The van der Waals surface area contributed by atoms with Crippen LogP contribution in [-0.2, 0) is 9.59 Å². The molecule has 0 heterocycles. The quantitative estimate of drug-likeness (QED) is 0.251. The zero-order chi connectivity index (χ0) is 18.4. The number of halogens is 1. The standard InChI is InChI=1S/C15H12ClN5O4/c16-11-6-5-10(7-13(11)21(24)25)19-14(22)15(23)20-18-8-9-3-1-2-4-12(9)17/h1-8H,17H2,(H,19,22)(H,20,23)/b18-8-. The van der Waals surface area contributed by atoms with Gasteiger partial charge in [0, 0.05) is 23.0 Å². The van der Waals surface area contributed by atoms with E-state index in [2.05, 4.69) is 10.4 Å². The van der Waals surface area contributed by atoms with Gasteiger partial charge < -0.3 is 11.1 Å². The normalized spacial score (nSPS) is 10.4. The fraction of sp³-hybridized carbons (Fsp3) is 0. The number of nitrogens with two attached hydrogens (primary N) is 1. The maximum atomic E-state index is 11.8. The van der Waals surface area contributed by atoms with Crippen LogP contribution in [0, 0.1) is 10.1 Å². The Balaban J connectivity index is 1.99. The van der Waals surface area contributed by atoms with Crippen molar-refractivity contribution in [1.82, 2.24) is 5.43 Å². The topological polar surface area (TPSA) is 140 Å². The first-order valence-corrected chi connectivity index (χ1v) is 7.19. The molecule has 0 spiro atoms. The lowest BCUT2D eigenvalue weighted by Gasteiger charge is -2.04. The number of nitrogens with zero attached hydrogens (tertiary/aromatic N) is 2. The van der Waals surface area contributed by atoms with Gasteiger partial charge in [-0.3, -0.25) is 19.7 Å². The van der Waals surface area contributed by atoms with Crippen LogP contribution >= 0.6 is 11.6 Å². The number of nitrogen functional groups attached to an aromatic ring is 1. The average Bonchev–Trinajstić information content (AvgIpc) is 2.57. The van der Waals surface area contributed by atoms with Crippen molar-refractivity contribution >= 4 is 46.7 Å². The molecule has 0 aromatic heterocycles. The number of rotatable bonds is 4. The van der Waals surface area contributed by atoms with Crippen LogP contribution in [0.3, 0.4) is 0 Å². The molecule has 0 unspecified atom stereocenters. The molecule has 0 saturated heterocycles. The second kappa shape index (κ2) is 7.88. The molecule has 0 aliphatic heterocycles. The van der Waals surface area contributed by atoms with Gasteiger partial charge in [-0.25, -0.2) is 5.43 Å². The zero-order valence-corrected chi connectivity index (χ0v) is 13.4. The van der Waals surface area contributed by atoms with E-state index in [-0.39, 0.29) is 10.7 Å². The van der Waals surface area contributed by atoms with Gasteiger partial charge in [-0.1, -0.05) is 29.8 Å². The van der Waals surface area contributed by atoms with E-state index in [9.17, 15) is 19.7 Å². The Morgan fingerprint density at radius 3 is 2.60 bits per heavy atom. The molecule has 2 aromatic carbocycles. The Hall–Kier alpha value is -3.46. The molecule has 2 amide bonds. The molecular formula is C15H12ClN5O4. The SMILES string of the molecule is Nc1ccccc1/C=N\NC(=O)C(=O)Nc1ccc(Cl)c([N+](=O)[O-])c1. The van der Waals surface area contributed by atoms with E-state index < -0.39 is 22.4 Å². The maximum Gasteiger partial charge on any atom is 0.329 e. The van der Waals surface area contributed by atoms with Gasteiger partial charge in [0.25, 0.3) is 5.69 Å². The van der Waals surface area contributed by atoms with E-state index in [1.54, 1.807) is 24.3 Å². The monoisotopic (exact) mass is 361 g/mol. The second-order valence-electron chi connectivity index (χ2n) is 4.71. The lowest BCUT2D eigenvalue weighted by molar-refractivity contribution is -0.384. The fourth-order valence-corrected chi connectivity index (χ4v) is 1.94. The molecule has 2 rings (SSSR count). The molecule has 0 saturated carbocycles. The molecule has 0 aliphatic carbocycles. The third-order valence-electron chi connectivity index (χ3n) is 2.97. The van der Waals surface area contributed by atoms with Crippen molar-refractivity contribution in [2.24, 2.45) is 5.10 Å². The van der Waals surface area contributed by atoms with Crippen LogP contribution in [-0.4, -0.2) is 23.0 Å². The predicted molar refractivity (Wildman–Crippen MR) is 93.3 cm³/mol. The smallest absolute Gasteiger partial charge is 0.329 e. The number of nitro groups is 1. The number of amides is 2. The highest BCUT2D eigenvalue weighted by atomic mass is 35.5. The number of para-hydroxylation sites is 1. The van der Waals surface area contributed by atoms with Crippen molar-refractivity contribution in [3.05, 3.63) is 63.2 Å².